The van der Waals surface area contributed by atoms with E-state index in [0.717, 1.165) is 50.1 Å². The summed E-state index contributed by atoms with van der Waals surface area (Å²) < 4.78 is 21.3. The van der Waals surface area contributed by atoms with Crippen LogP contribution in [0.15, 0.2) is 36.4 Å². The first-order chi connectivity index (χ1) is 19.1. The summed E-state index contributed by atoms with van der Waals surface area (Å²) in [4.78, 5) is 2.27. The highest BCUT2D eigenvalue weighted by molar-refractivity contribution is 5.47. The van der Waals surface area contributed by atoms with Gasteiger partial charge in [-0.25, -0.2) is 0 Å². The number of methoxy groups -OCH3 is 3. The molecule has 0 aromatic heterocycles. The maximum atomic E-state index is 10.2. The van der Waals surface area contributed by atoms with Gasteiger partial charge in [0.15, 0.2) is 23.0 Å². The fraction of sp³-hybridized carbons (Fsp3) is 0.606. The zero-order chi connectivity index (χ0) is 30.1. The molecule has 7 heteroatoms. The number of hydrogen-bond acceptors (Lipinski definition) is 7. The van der Waals surface area contributed by atoms with Crippen LogP contribution >= 0.6 is 0 Å². The number of hydrogen-bond donors (Lipinski definition) is 1. The van der Waals surface area contributed by atoms with Crippen LogP contribution in [0.5, 0.6) is 23.0 Å². The van der Waals surface area contributed by atoms with Crippen molar-refractivity contribution in [2.75, 3.05) is 48.1 Å². The maximum Gasteiger partial charge on any atom is 0.161 e. The molecule has 1 atom stereocenters. The molecule has 2 aromatic rings. The van der Waals surface area contributed by atoms with Crippen LogP contribution in [0.1, 0.15) is 71.4 Å². The van der Waals surface area contributed by atoms with Gasteiger partial charge in [-0.05, 0) is 94.4 Å². The quantitative estimate of drug-likeness (QED) is 0.223. The Morgan fingerprint density at radius 3 is 2.12 bits per heavy atom. The molecule has 0 fully saturated rings. The van der Waals surface area contributed by atoms with E-state index in [1.54, 1.807) is 27.4 Å². The minimum atomic E-state index is -0.593. The van der Waals surface area contributed by atoms with Crippen LogP contribution in [0.2, 0.25) is 0 Å². The number of nitriles is 1. The zero-order valence-electron chi connectivity index (χ0n) is 26.3. The fourth-order valence-electron chi connectivity index (χ4n) is 4.53. The Morgan fingerprint density at radius 1 is 0.900 bits per heavy atom. The van der Waals surface area contributed by atoms with Gasteiger partial charge in [0.05, 0.1) is 38.9 Å². The molecule has 7 nitrogen and oxygen atoms in total. The van der Waals surface area contributed by atoms with Gasteiger partial charge in [0.1, 0.15) is 0 Å². The van der Waals surface area contributed by atoms with Gasteiger partial charge in [0.2, 0.25) is 0 Å². The Bertz CT molecular complexity index is 1030. The summed E-state index contributed by atoms with van der Waals surface area (Å²) in [6, 6.07) is 13.9. The number of unbranched alkanes of at least 4 members (excludes halogenated alkanes) is 1. The van der Waals surface area contributed by atoms with Crippen molar-refractivity contribution in [1.82, 2.24) is 4.90 Å². The lowest BCUT2D eigenvalue weighted by atomic mass is 9.69. The Balaban J connectivity index is 0.000000869. The molecule has 224 valence electrons. The van der Waals surface area contributed by atoms with Crippen LogP contribution in [0.25, 0.3) is 0 Å². The maximum absolute atomic E-state index is 10.2. The van der Waals surface area contributed by atoms with E-state index in [1.165, 1.54) is 12.8 Å². The molecule has 0 aliphatic rings. The van der Waals surface area contributed by atoms with E-state index < -0.39 is 5.41 Å². The molecule has 0 saturated heterocycles. The third-order valence-corrected chi connectivity index (χ3v) is 7.17. The normalized spacial score (nSPS) is 12.5. The van der Waals surface area contributed by atoms with E-state index in [-0.39, 0.29) is 11.7 Å². The molecule has 2 aromatic carbocycles. The molecule has 0 saturated carbocycles. The molecule has 0 spiro atoms. The lowest BCUT2D eigenvalue weighted by Gasteiger charge is -2.32. The monoisotopic (exact) mass is 556 g/mol. The number of benzene rings is 2. The van der Waals surface area contributed by atoms with Gasteiger partial charge >= 0.3 is 0 Å². The lowest BCUT2D eigenvalue weighted by Crippen LogP contribution is -2.32. The molecule has 1 N–H and O–H groups in total. The number of ether oxygens (including phenoxy) is 4. The summed E-state index contributed by atoms with van der Waals surface area (Å²) in [5.74, 6) is 2.11. The number of phenols is 1. The van der Waals surface area contributed by atoms with Crippen LogP contribution in [-0.4, -0.2) is 64.2 Å². The summed E-state index contributed by atoms with van der Waals surface area (Å²) in [5, 5.41) is 20.0. The number of likely N-dealkylation sites (N-methyl/N-ethyl adjacent to an activating group) is 1. The number of aromatic hydroxyl groups is 1. The summed E-state index contributed by atoms with van der Waals surface area (Å²) in [7, 11) is 6.88. The molecule has 0 heterocycles. The zero-order valence-corrected chi connectivity index (χ0v) is 26.3. The van der Waals surface area contributed by atoms with Crippen molar-refractivity contribution >= 4 is 0 Å². The summed E-state index contributed by atoms with van der Waals surface area (Å²) in [6.45, 7) is 13.2. The van der Waals surface area contributed by atoms with E-state index in [0.29, 0.717) is 23.4 Å². The molecule has 0 radical (unpaired) electrons. The molecule has 40 heavy (non-hydrogen) atoms. The van der Waals surface area contributed by atoms with Crippen molar-refractivity contribution in [3.8, 4) is 29.1 Å². The van der Waals surface area contributed by atoms with Crippen LogP contribution in [0.4, 0.5) is 0 Å². The predicted molar refractivity (Wildman–Crippen MR) is 163 cm³/mol. The van der Waals surface area contributed by atoms with Gasteiger partial charge in [0, 0.05) is 13.2 Å². The molecule has 2 rings (SSSR count). The highest BCUT2D eigenvalue weighted by Crippen LogP contribution is 2.40. The molecule has 0 amide bonds. The van der Waals surface area contributed by atoms with Crippen molar-refractivity contribution in [3.63, 3.8) is 0 Å². The minimum Gasteiger partial charge on any atom is -0.504 e. The van der Waals surface area contributed by atoms with E-state index in [1.807, 2.05) is 30.3 Å². The lowest BCUT2D eigenvalue weighted by molar-refractivity contribution is 0.0767. The van der Waals surface area contributed by atoms with Gasteiger partial charge in [-0.3, -0.25) is 0 Å². The second-order valence-electron chi connectivity index (χ2n) is 10.7. The largest absolute Gasteiger partial charge is 0.504 e. The molecule has 0 aliphatic heterocycles. The first kappa shape index (κ1) is 35.1. The van der Waals surface area contributed by atoms with E-state index >= 15 is 0 Å². The first-order valence-corrected chi connectivity index (χ1v) is 14.4. The smallest absolute Gasteiger partial charge is 0.161 e. The average molecular weight is 557 g/mol. The topological polar surface area (TPSA) is 84.2 Å². The van der Waals surface area contributed by atoms with Crippen molar-refractivity contribution in [1.29, 1.82) is 5.26 Å². The third kappa shape index (κ3) is 10.9. The molecular formula is C33H52N2O5. The standard InChI is InChI=1S/C26H36N2O4.C7H16O/c1-19(2)26(18-27,21-9-11-23(30-4)25(17-21)32-6)13-7-14-28(3)15-12-20-8-10-22(29)24(16-20)31-5;1-4-5-6-8-7(2)3/h8-11,16-17,19,29H,7,12-15H2,1-6H3;7H,4-6H2,1-3H3. The van der Waals surface area contributed by atoms with Gasteiger partial charge in [-0.1, -0.05) is 39.3 Å². The highest BCUT2D eigenvalue weighted by atomic mass is 16.5. The average Bonchev–Trinajstić information content (AvgIpc) is 2.94. The van der Waals surface area contributed by atoms with Gasteiger partial charge < -0.3 is 29.0 Å². The SMILES string of the molecule is CCCCOC(C)C.COc1cc(CCN(C)CCCC(C#N)(c2ccc(OC)c(OC)c2)C(C)C)ccc1O. The molecule has 0 bridgehead atoms. The van der Waals surface area contributed by atoms with Gasteiger partial charge in [0.25, 0.3) is 0 Å². The Hall–Kier alpha value is -2.95. The number of phenolic OH excluding ortho intramolecular Hbond substituents is 1. The van der Waals surface area contributed by atoms with E-state index in [2.05, 4.69) is 52.6 Å². The number of nitrogens with zero attached hydrogens (tertiary/aromatic N) is 2. The minimum absolute atomic E-state index is 0.153. The molecular weight excluding hydrogens is 504 g/mol. The van der Waals surface area contributed by atoms with Crippen LogP contribution in [-0.2, 0) is 16.6 Å². The Morgan fingerprint density at radius 2 is 1.57 bits per heavy atom. The van der Waals surface area contributed by atoms with Gasteiger partial charge in [-0.2, -0.15) is 5.26 Å². The van der Waals surface area contributed by atoms with Crippen molar-refractivity contribution in [2.24, 2.45) is 5.92 Å². The Kier molecular flexibility index (Phi) is 16.1. The fourth-order valence-corrected chi connectivity index (χ4v) is 4.53. The van der Waals surface area contributed by atoms with E-state index in [4.69, 9.17) is 18.9 Å². The summed E-state index contributed by atoms with van der Waals surface area (Å²) >= 11 is 0. The van der Waals surface area contributed by atoms with Crippen LogP contribution < -0.4 is 14.2 Å². The predicted octanol–water partition coefficient (Wildman–Crippen LogP) is 7.00. The van der Waals surface area contributed by atoms with Crippen molar-refractivity contribution < 1.29 is 24.1 Å². The van der Waals surface area contributed by atoms with Crippen LogP contribution in [0, 0.1) is 17.2 Å². The van der Waals surface area contributed by atoms with Crippen LogP contribution in [0.3, 0.4) is 0 Å². The third-order valence-electron chi connectivity index (χ3n) is 7.17. The van der Waals surface area contributed by atoms with Crippen molar-refractivity contribution in [3.05, 3.63) is 47.5 Å². The van der Waals surface area contributed by atoms with Crippen molar-refractivity contribution in [2.45, 2.75) is 78.2 Å². The summed E-state index contributed by atoms with van der Waals surface area (Å²) in [5.41, 5.74) is 1.49. The van der Waals surface area contributed by atoms with E-state index in [9.17, 15) is 10.4 Å². The highest BCUT2D eigenvalue weighted by Gasteiger charge is 2.36. The van der Waals surface area contributed by atoms with Gasteiger partial charge in [-0.15, -0.1) is 0 Å². The molecule has 1 unspecified atom stereocenters. The number of rotatable bonds is 16. The second-order valence-corrected chi connectivity index (χ2v) is 10.7. The first-order valence-electron chi connectivity index (χ1n) is 14.4. The summed E-state index contributed by atoms with van der Waals surface area (Å²) in [6.07, 6.45) is 5.34. The molecule has 0 aliphatic carbocycles. The second kappa shape index (κ2) is 18.4. The Labute approximate surface area is 243 Å².